The molecule has 1 atom stereocenters. The van der Waals surface area contributed by atoms with Gasteiger partial charge >= 0.3 is 0 Å². The molecule has 0 spiro atoms. The van der Waals surface area contributed by atoms with Gasteiger partial charge in [-0.15, -0.1) is 0 Å². The average molecular weight is 261 g/mol. The van der Waals surface area contributed by atoms with Crippen molar-refractivity contribution in [3.8, 4) is 0 Å². The van der Waals surface area contributed by atoms with Gasteiger partial charge in [-0.25, -0.2) is 8.42 Å². The third-order valence-corrected chi connectivity index (χ3v) is 3.31. The second-order valence-corrected chi connectivity index (χ2v) is 6.04. The summed E-state index contributed by atoms with van der Waals surface area (Å²) in [5, 5.41) is 16.7. The molecule has 0 saturated carbocycles. The van der Waals surface area contributed by atoms with Gasteiger partial charge in [-0.05, 0) is 13.0 Å². The minimum Gasteiger partial charge on any atom is -0.390 e. The van der Waals surface area contributed by atoms with Crippen LogP contribution in [0, 0.1) is 0 Å². The largest absolute Gasteiger partial charge is 0.390 e. The van der Waals surface area contributed by atoms with Gasteiger partial charge in [-0.2, -0.15) is 5.10 Å². The molecular weight excluding hydrogens is 242 g/mol. The first-order valence-corrected chi connectivity index (χ1v) is 7.44. The molecule has 17 heavy (non-hydrogen) atoms. The van der Waals surface area contributed by atoms with Gasteiger partial charge in [0.2, 0.25) is 0 Å². The van der Waals surface area contributed by atoms with Crippen molar-refractivity contribution in [2.75, 3.05) is 19.3 Å². The molecule has 0 bridgehead atoms. The van der Waals surface area contributed by atoms with Crippen LogP contribution in [0.3, 0.4) is 0 Å². The fraction of sp³-hybridized carbons (Fsp3) is 0.700. The van der Waals surface area contributed by atoms with Crippen LogP contribution in [0.1, 0.15) is 13.3 Å². The second-order valence-electron chi connectivity index (χ2n) is 4.03. The Kier molecular flexibility index (Phi) is 5.10. The van der Waals surface area contributed by atoms with E-state index in [2.05, 4.69) is 10.4 Å². The molecule has 0 aliphatic rings. The lowest BCUT2D eigenvalue weighted by Gasteiger charge is -2.11. The molecule has 98 valence electrons. The lowest BCUT2D eigenvalue weighted by molar-refractivity contribution is 0.147. The number of aliphatic hydroxyl groups is 1. The topological polar surface area (TPSA) is 84.2 Å². The van der Waals surface area contributed by atoms with Crippen LogP contribution in [0.5, 0.6) is 0 Å². The number of nitrogens with zero attached hydrogens (tertiary/aromatic N) is 2. The van der Waals surface area contributed by atoms with E-state index in [9.17, 15) is 13.5 Å². The Morgan fingerprint density at radius 3 is 2.82 bits per heavy atom. The van der Waals surface area contributed by atoms with Crippen LogP contribution >= 0.6 is 0 Å². The molecule has 0 amide bonds. The van der Waals surface area contributed by atoms with Crippen LogP contribution in [0.2, 0.25) is 0 Å². The van der Waals surface area contributed by atoms with Gasteiger partial charge in [0.05, 0.1) is 18.8 Å². The second kappa shape index (κ2) is 6.13. The van der Waals surface area contributed by atoms with Gasteiger partial charge in [0, 0.05) is 19.0 Å². The molecule has 0 saturated heterocycles. The lowest BCUT2D eigenvalue weighted by Crippen LogP contribution is -2.30. The van der Waals surface area contributed by atoms with Crippen LogP contribution in [0.25, 0.3) is 0 Å². The summed E-state index contributed by atoms with van der Waals surface area (Å²) in [5.74, 6) is 0. The maximum atomic E-state index is 11.2. The molecule has 1 rings (SSSR count). The number of hydrogen-bond donors (Lipinski definition) is 2. The van der Waals surface area contributed by atoms with Crippen molar-refractivity contribution in [1.82, 2.24) is 15.1 Å². The predicted octanol–water partition coefficient (Wildman–Crippen LogP) is -0.353. The first-order valence-electron chi connectivity index (χ1n) is 5.54. The highest BCUT2D eigenvalue weighted by Gasteiger charge is 2.11. The fourth-order valence-electron chi connectivity index (χ4n) is 1.36. The highest BCUT2D eigenvalue weighted by molar-refractivity contribution is 7.90. The normalized spacial score (nSPS) is 13.8. The zero-order chi connectivity index (χ0) is 12.9. The molecule has 0 aliphatic carbocycles. The Bertz CT molecular complexity index is 441. The average Bonchev–Trinajstić information content (AvgIpc) is 2.66. The van der Waals surface area contributed by atoms with Crippen LogP contribution in [0.4, 0.5) is 0 Å². The van der Waals surface area contributed by atoms with Crippen LogP contribution in [-0.4, -0.2) is 48.8 Å². The van der Waals surface area contributed by atoms with E-state index >= 15 is 0 Å². The number of aromatic nitrogens is 2. The standard InChI is InChI=1S/C10H19N3O3S/c1-3-4-11-5-9(14)7-13-8-10(6-12-13)17(2,15)16/h6,8-9,11,14H,3-5,7H2,1-2H3. The summed E-state index contributed by atoms with van der Waals surface area (Å²) < 4.78 is 23.9. The van der Waals surface area contributed by atoms with E-state index in [1.54, 1.807) is 0 Å². The third-order valence-electron chi connectivity index (χ3n) is 2.24. The minimum absolute atomic E-state index is 0.172. The van der Waals surface area contributed by atoms with Gasteiger partial charge in [-0.3, -0.25) is 4.68 Å². The first-order chi connectivity index (χ1) is 7.93. The summed E-state index contributed by atoms with van der Waals surface area (Å²) in [7, 11) is -3.22. The van der Waals surface area contributed by atoms with E-state index in [0.717, 1.165) is 19.2 Å². The van der Waals surface area contributed by atoms with Crippen molar-refractivity contribution < 1.29 is 13.5 Å². The van der Waals surface area contributed by atoms with Crippen LogP contribution in [-0.2, 0) is 16.4 Å². The zero-order valence-corrected chi connectivity index (χ0v) is 10.9. The van der Waals surface area contributed by atoms with Crippen molar-refractivity contribution in [3.05, 3.63) is 12.4 Å². The molecule has 6 nitrogen and oxygen atoms in total. The molecule has 1 heterocycles. The number of sulfone groups is 1. The van der Waals surface area contributed by atoms with Crippen LogP contribution < -0.4 is 5.32 Å². The van der Waals surface area contributed by atoms with E-state index in [4.69, 9.17) is 0 Å². The summed E-state index contributed by atoms with van der Waals surface area (Å²) in [4.78, 5) is 0.172. The van der Waals surface area contributed by atoms with Crippen molar-refractivity contribution in [3.63, 3.8) is 0 Å². The monoisotopic (exact) mass is 261 g/mol. The number of aliphatic hydroxyl groups excluding tert-OH is 1. The van der Waals surface area contributed by atoms with E-state index < -0.39 is 15.9 Å². The molecule has 0 radical (unpaired) electrons. The van der Waals surface area contributed by atoms with Gasteiger partial charge in [0.15, 0.2) is 9.84 Å². The number of hydrogen-bond acceptors (Lipinski definition) is 5. The SMILES string of the molecule is CCCNCC(O)Cn1cc(S(C)(=O)=O)cn1. The predicted molar refractivity (Wildman–Crippen MR) is 64.5 cm³/mol. The molecule has 1 aromatic heterocycles. The van der Waals surface area contributed by atoms with Gasteiger partial charge in [-0.1, -0.05) is 6.92 Å². The molecule has 0 aromatic carbocycles. The number of nitrogens with one attached hydrogen (secondary N) is 1. The Hall–Kier alpha value is -0.920. The van der Waals surface area contributed by atoms with Gasteiger partial charge in [0.1, 0.15) is 4.90 Å². The van der Waals surface area contributed by atoms with E-state index in [-0.39, 0.29) is 11.4 Å². The lowest BCUT2D eigenvalue weighted by atomic mass is 10.3. The molecule has 0 fully saturated rings. The van der Waals surface area contributed by atoms with Crippen molar-refractivity contribution in [2.24, 2.45) is 0 Å². The Labute approximate surface area is 102 Å². The van der Waals surface area contributed by atoms with Crippen molar-refractivity contribution in [2.45, 2.75) is 30.9 Å². The highest BCUT2D eigenvalue weighted by atomic mass is 32.2. The first kappa shape index (κ1) is 14.1. The molecular formula is C10H19N3O3S. The van der Waals surface area contributed by atoms with Crippen molar-refractivity contribution in [1.29, 1.82) is 0 Å². The van der Waals surface area contributed by atoms with Crippen LogP contribution in [0.15, 0.2) is 17.3 Å². The zero-order valence-electron chi connectivity index (χ0n) is 10.1. The van der Waals surface area contributed by atoms with E-state index in [0.29, 0.717) is 6.54 Å². The summed E-state index contributed by atoms with van der Waals surface area (Å²) in [5.41, 5.74) is 0. The van der Waals surface area contributed by atoms with E-state index in [1.807, 2.05) is 6.92 Å². The smallest absolute Gasteiger partial charge is 0.178 e. The molecule has 2 N–H and O–H groups in total. The summed E-state index contributed by atoms with van der Waals surface area (Å²) in [6, 6.07) is 0. The van der Waals surface area contributed by atoms with Crippen molar-refractivity contribution >= 4 is 9.84 Å². The number of rotatable bonds is 7. The highest BCUT2D eigenvalue weighted by Crippen LogP contribution is 2.06. The minimum atomic E-state index is -3.22. The molecule has 0 aliphatic heterocycles. The Morgan fingerprint density at radius 1 is 1.59 bits per heavy atom. The molecule has 1 unspecified atom stereocenters. The molecule has 1 aromatic rings. The van der Waals surface area contributed by atoms with Gasteiger partial charge < -0.3 is 10.4 Å². The summed E-state index contributed by atoms with van der Waals surface area (Å²) in [6.45, 7) is 3.66. The maximum absolute atomic E-state index is 11.2. The summed E-state index contributed by atoms with van der Waals surface area (Å²) in [6.07, 6.45) is 4.29. The Morgan fingerprint density at radius 2 is 2.29 bits per heavy atom. The Balaban J connectivity index is 2.49. The quantitative estimate of drug-likeness (QED) is 0.655. The molecule has 7 heteroatoms. The fourth-order valence-corrected chi connectivity index (χ4v) is 1.91. The third kappa shape index (κ3) is 4.84. The summed E-state index contributed by atoms with van der Waals surface area (Å²) >= 11 is 0. The van der Waals surface area contributed by atoms with E-state index in [1.165, 1.54) is 17.1 Å². The maximum Gasteiger partial charge on any atom is 0.178 e. The van der Waals surface area contributed by atoms with Gasteiger partial charge in [0.25, 0.3) is 0 Å².